The van der Waals surface area contributed by atoms with Crippen molar-refractivity contribution in [3.8, 4) is 11.5 Å². The Labute approximate surface area is 170 Å². The summed E-state index contributed by atoms with van der Waals surface area (Å²) >= 11 is 0. The molecule has 4 rings (SSSR count). The van der Waals surface area contributed by atoms with Crippen LogP contribution in [0.15, 0.2) is 59.3 Å². The Morgan fingerprint density at radius 3 is 2.63 bits per heavy atom. The molecule has 0 saturated carbocycles. The molecule has 0 radical (unpaired) electrons. The molecule has 0 fully saturated rings. The van der Waals surface area contributed by atoms with E-state index in [0.717, 1.165) is 6.20 Å². The highest BCUT2D eigenvalue weighted by Gasteiger charge is 2.09. The summed E-state index contributed by atoms with van der Waals surface area (Å²) in [4.78, 5) is 12.1. The molecule has 2 aromatic carbocycles. The first-order chi connectivity index (χ1) is 14.5. The normalized spacial score (nSPS) is 10.6. The van der Waals surface area contributed by atoms with Crippen molar-refractivity contribution < 1.29 is 18.8 Å². The van der Waals surface area contributed by atoms with E-state index < -0.39 is 5.82 Å². The second-order valence-electron chi connectivity index (χ2n) is 6.24. The number of hydrogen-bond donors (Lipinski definition) is 3. The minimum atomic E-state index is -0.608. The average Bonchev–Trinajstić information content (AvgIpc) is 3.15. The molecule has 0 saturated heterocycles. The van der Waals surface area contributed by atoms with Crippen LogP contribution in [0.25, 0.3) is 0 Å². The molecule has 0 aliphatic carbocycles. The summed E-state index contributed by atoms with van der Waals surface area (Å²) in [5.41, 5.74) is 1.18. The van der Waals surface area contributed by atoms with Gasteiger partial charge in [-0.25, -0.2) is 9.37 Å². The molecule has 2 aromatic heterocycles. The molecule has 152 valence electrons. The van der Waals surface area contributed by atoms with Gasteiger partial charge in [0.15, 0.2) is 24.1 Å². The van der Waals surface area contributed by atoms with E-state index in [0.29, 0.717) is 28.8 Å². The lowest BCUT2D eigenvalue weighted by Crippen LogP contribution is -2.03. The number of phenolic OH excluding ortho intramolecular Hbond substituents is 1. The molecule has 0 bridgehead atoms. The molecule has 10 heteroatoms. The number of nitrogens with zero attached hydrogens (tertiary/aromatic N) is 4. The van der Waals surface area contributed by atoms with Gasteiger partial charge in [-0.1, -0.05) is 11.2 Å². The predicted octanol–water partition coefficient (Wildman–Crippen LogP) is 4.08. The van der Waals surface area contributed by atoms with Gasteiger partial charge in [-0.3, -0.25) is 0 Å². The van der Waals surface area contributed by atoms with Crippen LogP contribution in [0.1, 0.15) is 11.7 Å². The van der Waals surface area contributed by atoms with Gasteiger partial charge in [-0.2, -0.15) is 9.97 Å². The topological polar surface area (TPSA) is 118 Å². The van der Waals surface area contributed by atoms with E-state index in [9.17, 15) is 9.50 Å². The summed E-state index contributed by atoms with van der Waals surface area (Å²) in [7, 11) is 0. The van der Waals surface area contributed by atoms with Crippen molar-refractivity contribution in [2.45, 2.75) is 13.5 Å². The second kappa shape index (κ2) is 8.43. The lowest BCUT2D eigenvalue weighted by Gasteiger charge is -2.10. The van der Waals surface area contributed by atoms with Crippen LogP contribution < -0.4 is 15.4 Å². The summed E-state index contributed by atoms with van der Waals surface area (Å²) < 4.78 is 24.7. The fourth-order valence-corrected chi connectivity index (χ4v) is 2.54. The Morgan fingerprint density at radius 1 is 1.07 bits per heavy atom. The van der Waals surface area contributed by atoms with E-state index in [4.69, 9.17) is 9.26 Å². The summed E-state index contributed by atoms with van der Waals surface area (Å²) in [6.45, 7) is 1.88. The van der Waals surface area contributed by atoms with E-state index in [1.54, 1.807) is 49.4 Å². The standard InChI is InChI=1S/C20H17FN6O3/c1-12-23-18(30-27-12)11-29-16-7-5-13(6-8-16)24-19-17(21)10-22-20(26-19)25-14-3-2-4-15(28)9-14/h2-10,28H,11H2,1H3,(H2,22,24,25,26). The van der Waals surface area contributed by atoms with Crippen molar-refractivity contribution in [1.29, 1.82) is 0 Å². The highest BCUT2D eigenvalue weighted by atomic mass is 19.1. The Bertz CT molecular complexity index is 1150. The molecule has 9 nitrogen and oxygen atoms in total. The van der Waals surface area contributed by atoms with Crippen LogP contribution in [-0.4, -0.2) is 25.2 Å². The van der Waals surface area contributed by atoms with Crippen molar-refractivity contribution in [2.75, 3.05) is 10.6 Å². The van der Waals surface area contributed by atoms with Crippen molar-refractivity contribution in [3.63, 3.8) is 0 Å². The number of aryl methyl sites for hydroxylation is 1. The predicted molar refractivity (Wildman–Crippen MR) is 106 cm³/mol. The summed E-state index contributed by atoms with van der Waals surface area (Å²) in [6.07, 6.45) is 1.06. The van der Waals surface area contributed by atoms with E-state index in [2.05, 4.69) is 30.7 Å². The molecule has 0 amide bonds. The number of anilines is 4. The molecule has 4 aromatic rings. The number of benzene rings is 2. The number of ether oxygens (including phenoxy) is 1. The number of rotatable bonds is 7. The van der Waals surface area contributed by atoms with E-state index >= 15 is 0 Å². The molecule has 3 N–H and O–H groups in total. The monoisotopic (exact) mass is 408 g/mol. The summed E-state index contributed by atoms with van der Waals surface area (Å²) in [5, 5.41) is 19.0. The van der Waals surface area contributed by atoms with Crippen LogP contribution in [0.3, 0.4) is 0 Å². The first-order valence-corrected chi connectivity index (χ1v) is 8.93. The Kier molecular flexibility index (Phi) is 5.37. The quantitative estimate of drug-likeness (QED) is 0.416. The Balaban J connectivity index is 1.41. The van der Waals surface area contributed by atoms with Gasteiger partial charge in [0.05, 0.1) is 6.20 Å². The first-order valence-electron chi connectivity index (χ1n) is 8.93. The SMILES string of the molecule is Cc1noc(COc2ccc(Nc3nc(Nc4cccc(O)c4)ncc3F)cc2)n1. The maximum Gasteiger partial charge on any atom is 0.264 e. The van der Waals surface area contributed by atoms with Gasteiger partial charge in [0.1, 0.15) is 11.5 Å². The third kappa shape index (κ3) is 4.79. The average molecular weight is 408 g/mol. The van der Waals surface area contributed by atoms with E-state index in [-0.39, 0.29) is 24.1 Å². The molecule has 0 aliphatic rings. The zero-order chi connectivity index (χ0) is 20.9. The number of aromatic hydroxyl groups is 1. The van der Waals surface area contributed by atoms with Crippen molar-refractivity contribution in [2.24, 2.45) is 0 Å². The van der Waals surface area contributed by atoms with Gasteiger partial charge in [0, 0.05) is 17.4 Å². The molecule has 0 spiro atoms. The number of hydrogen-bond acceptors (Lipinski definition) is 9. The largest absolute Gasteiger partial charge is 0.508 e. The lowest BCUT2D eigenvalue weighted by molar-refractivity contribution is 0.242. The zero-order valence-corrected chi connectivity index (χ0v) is 15.8. The lowest BCUT2D eigenvalue weighted by atomic mass is 10.3. The number of halogens is 1. The fourth-order valence-electron chi connectivity index (χ4n) is 2.54. The van der Waals surface area contributed by atoms with Crippen molar-refractivity contribution >= 4 is 23.1 Å². The van der Waals surface area contributed by atoms with Crippen LogP contribution in [-0.2, 0) is 6.61 Å². The molecule has 0 aliphatic heterocycles. The van der Waals surface area contributed by atoms with Crippen LogP contribution in [0.2, 0.25) is 0 Å². The summed E-state index contributed by atoms with van der Waals surface area (Å²) in [5.74, 6) is 1.18. The Morgan fingerprint density at radius 2 is 1.90 bits per heavy atom. The minimum absolute atomic E-state index is 0.00246. The maximum absolute atomic E-state index is 14.1. The van der Waals surface area contributed by atoms with Gasteiger partial charge in [0.25, 0.3) is 5.89 Å². The molecule has 0 unspecified atom stereocenters. The molecule has 2 heterocycles. The Hall–Kier alpha value is -4.21. The van der Waals surface area contributed by atoms with Gasteiger partial charge < -0.3 is 25.0 Å². The van der Waals surface area contributed by atoms with Gasteiger partial charge in [-0.15, -0.1) is 0 Å². The van der Waals surface area contributed by atoms with Gasteiger partial charge in [-0.05, 0) is 43.3 Å². The summed E-state index contributed by atoms with van der Waals surface area (Å²) in [6, 6.07) is 13.3. The highest BCUT2D eigenvalue weighted by Crippen LogP contribution is 2.23. The number of phenols is 1. The molecular weight excluding hydrogens is 391 g/mol. The number of aromatic nitrogens is 4. The van der Waals surface area contributed by atoms with Crippen LogP contribution >= 0.6 is 0 Å². The van der Waals surface area contributed by atoms with E-state index in [1.165, 1.54) is 6.07 Å². The van der Waals surface area contributed by atoms with Crippen molar-refractivity contribution in [3.05, 3.63) is 72.3 Å². The smallest absolute Gasteiger partial charge is 0.264 e. The molecule has 0 atom stereocenters. The second-order valence-corrected chi connectivity index (χ2v) is 6.24. The molecule has 30 heavy (non-hydrogen) atoms. The fraction of sp³-hybridized carbons (Fsp3) is 0.100. The minimum Gasteiger partial charge on any atom is -0.508 e. The van der Waals surface area contributed by atoms with Crippen LogP contribution in [0.5, 0.6) is 11.5 Å². The van der Waals surface area contributed by atoms with Crippen molar-refractivity contribution in [1.82, 2.24) is 20.1 Å². The third-order valence-corrected chi connectivity index (χ3v) is 3.90. The van der Waals surface area contributed by atoms with Crippen LogP contribution in [0.4, 0.5) is 27.5 Å². The third-order valence-electron chi connectivity index (χ3n) is 3.90. The highest BCUT2D eigenvalue weighted by molar-refractivity contribution is 5.61. The zero-order valence-electron chi connectivity index (χ0n) is 15.8. The number of nitrogens with one attached hydrogen (secondary N) is 2. The van der Waals surface area contributed by atoms with Gasteiger partial charge >= 0.3 is 0 Å². The van der Waals surface area contributed by atoms with Gasteiger partial charge in [0.2, 0.25) is 5.95 Å². The maximum atomic E-state index is 14.1. The van der Waals surface area contributed by atoms with Crippen LogP contribution in [0, 0.1) is 12.7 Å². The molecular formula is C20H17FN6O3. The first kappa shape index (κ1) is 19.1. The van der Waals surface area contributed by atoms with E-state index in [1.807, 2.05) is 0 Å².